The first-order chi connectivity index (χ1) is 14.3. The van der Waals surface area contributed by atoms with Gasteiger partial charge in [-0.2, -0.15) is 0 Å². The van der Waals surface area contributed by atoms with Crippen LogP contribution < -0.4 is 5.56 Å². The second-order valence-electron chi connectivity index (χ2n) is 9.03. The maximum atomic E-state index is 12.7. The molecule has 1 saturated heterocycles. The fourth-order valence-electron chi connectivity index (χ4n) is 4.28. The average molecular weight is 414 g/mol. The highest BCUT2D eigenvalue weighted by Crippen LogP contribution is 2.27. The van der Waals surface area contributed by atoms with Crippen LogP contribution in [0.5, 0.6) is 0 Å². The van der Waals surface area contributed by atoms with Gasteiger partial charge in [0, 0.05) is 56.5 Å². The molecule has 162 valence electrons. The third-order valence-electron chi connectivity index (χ3n) is 6.33. The van der Waals surface area contributed by atoms with Crippen LogP contribution >= 0.6 is 0 Å². The molecule has 8 heteroatoms. The van der Waals surface area contributed by atoms with E-state index in [0.29, 0.717) is 31.4 Å². The van der Waals surface area contributed by atoms with Crippen molar-refractivity contribution in [3.8, 4) is 0 Å². The number of rotatable bonds is 4. The Kier molecular flexibility index (Phi) is 5.77. The number of nitrogens with zero attached hydrogens (tertiary/aromatic N) is 4. The van der Waals surface area contributed by atoms with Crippen LogP contribution in [0, 0.1) is 0 Å². The van der Waals surface area contributed by atoms with Gasteiger partial charge in [-0.1, -0.05) is 19.0 Å². The topological polar surface area (TPSA) is 95.3 Å². The summed E-state index contributed by atoms with van der Waals surface area (Å²) >= 11 is 0. The van der Waals surface area contributed by atoms with Crippen LogP contribution in [0.15, 0.2) is 15.4 Å². The number of fused-ring (bicyclic) bond motifs is 1. The van der Waals surface area contributed by atoms with Gasteiger partial charge in [0.05, 0.1) is 11.3 Å². The number of aromatic amines is 1. The number of amides is 1. The summed E-state index contributed by atoms with van der Waals surface area (Å²) in [4.78, 5) is 37.4. The molecule has 0 aliphatic carbocycles. The fourth-order valence-corrected chi connectivity index (χ4v) is 4.28. The van der Waals surface area contributed by atoms with Gasteiger partial charge in [-0.25, -0.2) is 4.98 Å². The van der Waals surface area contributed by atoms with E-state index in [-0.39, 0.29) is 23.3 Å². The van der Waals surface area contributed by atoms with E-state index in [2.05, 4.69) is 28.9 Å². The molecule has 4 heterocycles. The number of likely N-dealkylation sites (tertiary alicyclic amines) is 1. The summed E-state index contributed by atoms with van der Waals surface area (Å²) < 4.78 is 5.27. The molecule has 1 N–H and O–H groups in total. The van der Waals surface area contributed by atoms with E-state index in [4.69, 9.17) is 9.51 Å². The smallest absolute Gasteiger partial charge is 0.276 e. The van der Waals surface area contributed by atoms with Crippen LogP contribution in [0.1, 0.15) is 85.7 Å². The Hall–Kier alpha value is -2.48. The summed E-state index contributed by atoms with van der Waals surface area (Å²) in [6.45, 7) is 11.2. The van der Waals surface area contributed by atoms with Gasteiger partial charge >= 0.3 is 0 Å². The van der Waals surface area contributed by atoms with Crippen molar-refractivity contribution in [2.75, 3.05) is 19.6 Å². The maximum Gasteiger partial charge on any atom is 0.276 e. The summed E-state index contributed by atoms with van der Waals surface area (Å²) in [5, 5.41) is 3.94. The highest BCUT2D eigenvalue weighted by Gasteiger charge is 2.29. The molecular formula is C22H31N5O3. The summed E-state index contributed by atoms with van der Waals surface area (Å²) in [7, 11) is 0. The van der Waals surface area contributed by atoms with Crippen molar-refractivity contribution in [3.05, 3.63) is 45.0 Å². The van der Waals surface area contributed by atoms with E-state index >= 15 is 0 Å². The molecule has 1 amide bonds. The number of nitrogens with one attached hydrogen (secondary N) is 1. The standard InChI is InChI=1S/C22H31N5O3/c1-13(2)19-11-18(25-30-19)22(29)26-8-5-15(6-9-26)20-23-17-7-10-27(14(3)4)12-16(17)21(28)24-20/h11,13-15H,5-10,12H2,1-4H3,(H,23,24,28). The van der Waals surface area contributed by atoms with Crippen LogP contribution in [-0.2, 0) is 13.0 Å². The second-order valence-corrected chi connectivity index (χ2v) is 9.03. The Morgan fingerprint density at radius 2 is 1.93 bits per heavy atom. The molecule has 0 spiro atoms. The Bertz CT molecular complexity index is 969. The molecule has 30 heavy (non-hydrogen) atoms. The van der Waals surface area contributed by atoms with E-state index in [1.807, 2.05) is 18.7 Å². The normalized spacial score (nSPS) is 18.3. The van der Waals surface area contributed by atoms with Crippen molar-refractivity contribution in [2.45, 2.75) is 71.4 Å². The first-order valence-corrected chi connectivity index (χ1v) is 11.0. The number of hydrogen-bond donors (Lipinski definition) is 1. The minimum Gasteiger partial charge on any atom is -0.360 e. The second kappa shape index (κ2) is 8.34. The first-order valence-electron chi connectivity index (χ1n) is 11.0. The van der Waals surface area contributed by atoms with E-state index in [1.54, 1.807) is 6.07 Å². The Labute approximate surface area is 176 Å². The van der Waals surface area contributed by atoms with Gasteiger partial charge in [-0.05, 0) is 26.7 Å². The molecule has 2 aromatic heterocycles. The number of piperidine rings is 1. The van der Waals surface area contributed by atoms with Crippen LogP contribution in [0.25, 0.3) is 0 Å². The van der Waals surface area contributed by atoms with Gasteiger partial charge in [0.2, 0.25) is 0 Å². The van der Waals surface area contributed by atoms with Crippen molar-refractivity contribution < 1.29 is 9.32 Å². The zero-order chi connectivity index (χ0) is 21.4. The quantitative estimate of drug-likeness (QED) is 0.828. The molecule has 0 unspecified atom stereocenters. The van der Waals surface area contributed by atoms with Gasteiger partial charge in [0.15, 0.2) is 5.69 Å². The van der Waals surface area contributed by atoms with Gasteiger partial charge in [0.1, 0.15) is 11.6 Å². The van der Waals surface area contributed by atoms with Crippen molar-refractivity contribution in [1.82, 2.24) is 24.9 Å². The van der Waals surface area contributed by atoms with Crippen LogP contribution in [0.2, 0.25) is 0 Å². The van der Waals surface area contributed by atoms with E-state index in [1.165, 1.54) is 0 Å². The third-order valence-corrected chi connectivity index (χ3v) is 6.33. The van der Waals surface area contributed by atoms with Crippen molar-refractivity contribution in [2.24, 2.45) is 0 Å². The van der Waals surface area contributed by atoms with Crippen molar-refractivity contribution in [3.63, 3.8) is 0 Å². The largest absolute Gasteiger partial charge is 0.360 e. The summed E-state index contributed by atoms with van der Waals surface area (Å²) in [6, 6.07) is 2.16. The Morgan fingerprint density at radius 1 is 1.20 bits per heavy atom. The summed E-state index contributed by atoms with van der Waals surface area (Å²) in [5.74, 6) is 1.76. The van der Waals surface area contributed by atoms with Crippen LogP contribution in [0.3, 0.4) is 0 Å². The highest BCUT2D eigenvalue weighted by atomic mass is 16.5. The van der Waals surface area contributed by atoms with E-state index in [9.17, 15) is 9.59 Å². The Balaban J connectivity index is 1.42. The minimum absolute atomic E-state index is 0.0114. The molecule has 0 radical (unpaired) electrons. The molecule has 2 aliphatic heterocycles. The molecule has 2 aliphatic rings. The van der Waals surface area contributed by atoms with E-state index in [0.717, 1.165) is 48.6 Å². The molecule has 0 atom stereocenters. The Morgan fingerprint density at radius 3 is 2.57 bits per heavy atom. The van der Waals surface area contributed by atoms with Gasteiger partial charge in [-0.15, -0.1) is 0 Å². The molecule has 0 saturated carbocycles. The monoisotopic (exact) mass is 413 g/mol. The lowest BCUT2D eigenvalue weighted by atomic mass is 9.95. The first kappa shape index (κ1) is 20.8. The van der Waals surface area contributed by atoms with E-state index < -0.39 is 0 Å². The lowest BCUT2D eigenvalue weighted by Gasteiger charge is -2.33. The van der Waals surface area contributed by atoms with Gasteiger partial charge < -0.3 is 14.4 Å². The number of hydrogen-bond acceptors (Lipinski definition) is 6. The predicted octanol–water partition coefficient (Wildman–Crippen LogP) is 2.67. The molecule has 4 rings (SSSR count). The van der Waals surface area contributed by atoms with Crippen molar-refractivity contribution in [1.29, 1.82) is 0 Å². The average Bonchev–Trinajstić information content (AvgIpc) is 3.23. The minimum atomic E-state index is -0.0928. The van der Waals surface area contributed by atoms with Crippen molar-refractivity contribution >= 4 is 5.91 Å². The lowest BCUT2D eigenvalue weighted by molar-refractivity contribution is 0.0700. The fraction of sp³-hybridized carbons (Fsp3) is 0.636. The number of carbonyl (C=O) groups excluding carboxylic acids is 1. The molecular weight excluding hydrogens is 382 g/mol. The van der Waals surface area contributed by atoms with Gasteiger partial charge in [0.25, 0.3) is 11.5 Å². The SMILES string of the molecule is CC(C)c1cc(C(=O)N2CCC(c3nc4c(c(=O)[nH]3)CN(C(C)C)CC4)CC2)no1. The number of carbonyl (C=O) groups is 1. The molecule has 0 bridgehead atoms. The zero-order valence-electron chi connectivity index (χ0n) is 18.3. The summed E-state index contributed by atoms with van der Waals surface area (Å²) in [6.07, 6.45) is 2.37. The molecule has 0 aromatic carbocycles. The summed E-state index contributed by atoms with van der Waals surface area (Å²) in [5.41, 5.74) is 2.10. The zero-order valence-corrected chi connectivity index (χ0v) is 18.3. The van der Waals surface area contributed by atoms with Crippen LogP contribution in [-0.4, -0.2) is 56.5 Å². The van der Waals surface area contributed by atoms with Gasteiger partial charge in [-0.3, -0.25) is 14.5 Å². The number of aromatic nitrogens is 3. The number of H-pyrrole nitrogens is 1. The molecule has 2 aromatic rings. The lowest BCUT2D eigenvalue weighted by Crippen LogP contribution is -2.41. The molecule has 1 fully saturated rings. The maximum absolute atomic E-state index is 12.7. The predicted molar refractivity (Wildman–Crippen MR) is 113 cm³/mol. The molecule has 8 nitrogen and oxygen atoms in total. The highest BCUT2D eigenvalue weighted by molar-refractivity contribution is 5.92. The third kappa shape index (κ3) is 4.05. The van der Waals surface area contributed by atoms with Crippen LogP contribution in [0.4, 0.5) is 0 Å².